The molecule has 2 aliphatic rings. The number of aliphatic hydroxyl groups is 5. The SMILES string of the molecule is CC[C@H]1OC(=O)[C@H](C)[C@@H](O)[C@@H](C)[C@@H](O[C@@H]2O[C@H](C)C[C@H](N(C)C)[C@H]2O)[C@](C)(OC)C[C@@H](C)C(O)C(C)(O)[C@H](CCOC(=O)c2ccnc3ccccc23)[C@]1(C)O. The van der Waals surface area contributed by atoms with Crippen LogP contribution in [0.4, 0.5) is 0 Å². The Kier molecular flexibility index (Phi) is 15.1. The molecule has 2 unspecified atom stereocenters. The van der Waals surface area contributed by atoms with E-state index in [9.17, 15) is 35.1 Å². The van der Waals surface area contributed by atoms with E-state index in [1.165, 1.54) is 34.1 Å². The van der Waals surface area contributed by atoms with Crippen molar-refractivity contribution in [3.63, 3.8) is 0 Å². The smallest absolute Gasteiger partial charge is 0.338 e. The largest absolute Gasteiger partial charge is 0.462 e. The second kappa shape index (κ2) is 18.4. The highest BCUT2D eigenvalue weighted by Crippen LogP contribution is 2.44. The van der Waals surface area contributed by atoms with Crippen LogP contribution in [0.15, 0.2) is 36.5 Å². The number of esters is 2. The number of rotatable bonds is 9. The summed E-state index contributed by atoms with van der Waals surface area (Å²) in [5.74, 6) is -5.32. The molecular weight excluding hydrogens is 724 g/mol. The highest BCUT2D eigenvalue weighted by Gasteiger charge is 2.56. The summed E-state index contributed by atoms with van der Waals surface area (Å²) < 4.78 is 30.6. The molecule has 2 aromatic rings. The van der Waals surface area contributed by atoms with Gasteiger partial charge in [0.15, 0.2) is 6.29 Å². The molecule has 56 heavy (non-hydrogen) atoms. The topological polar surface area (TPSA) is 198 Å². The zero-order chi connectivity index (χ0) is 41.9. The molecule has 2 saturated heterocycles. The van der Waals surface area contributed by atoms with Crippen LogP contribution in [-0.4, -0.2) is 141 Å². The predicted molar refractivity (Wildman–Crippen MR) is 208 cm³/mol. The lowest BCUT2D eigenvalue weighted by Gasteiger charge is -2.51. The maximum Gasteiger partial charge on any atom is 0.338 e. The Morgan fingerprint density at radius 1 is 1.00 bits per heavy atom. The molecule has 15 atom stereocenters. The molecule has 4 rings (SSSR count). The van der Waals surface area contributed by atoms with Gasteiger partial charge in [0.1, 0.15) is 17.8 Å². The third-order valence-corrected chi connectivity index (χ3v) is 12.6. The van der Waals surface area contributed by atoms with Crippen LogP contribution in [0, 0.1) is 23.7 Å². The van der Waals surface area contributed by atoms with E-state index >= 15 is 0 Å². The summed E-state index contributed by atoms with van der Waals surface area (Å²) in [5.41, 5.74) is -4.40. The van der Waals surface area contributed by atoms with E-state index in [2.05, 4.69) is 4.98 Å². The lowest BCUT2D eigenvalue weighted by Crippen LogP contribution is -2.63. The van der Waals surface area contributed by atoms with Crippen LogP contribution >= 0.6 is 0 Å². The molecule has 0 amide bonds. The van der Waals surface area contributed by atoms with Gasteiger partial charge in [0.05, 0.1) is 59.2 Å². The zero-order valence-electron chi connectivity index (χ0n) is 34.9. The number of hydrogen-bond acceptors (Lipinski definition) is 14. The average molecular weight is 791 g/mol. The summed E-state index contributed by atoms with van der Waals surface area (Å²) in [4.78, 5) is 33.4. The van der Waals surface area contributed by atoms with E-state index in [1.54, 1.807) is 52.0 Å². The standard InChI is InChI=1S/C42H66N2O12/c1-12-32-41(7,50)31(18-20-53-38(49)28-17-19-43-29-16-14-13-15-27(28)29)42(8,51)35(47)23(2)22-40(6,52-11)36(25(4)33(45)26(5)37(48)55-32)56-39-34(46)30(44(9)10)21-24(3)54-39/h13-17,19,23-26,30-36,39,45-47,50-51H,12,18,20-22H2,1-11H3/t23-,24-,25-,26-,30+,31-,32-,33+,34-,35?,36-,39+,40-,41+,42?/m1/s1. The van der Waals surface area contributed by atoms with Gasteiger partial charge in [-0.1, -0.05) is 39.0 Å². The van der Waals surface area contributed by atoms with Crippen molar-refractivity contribution in [2.75, 3.05) is 27.8 Å². The van der Waals surface area contributed by atoms with E-state index in [4.69, 9.17) is 23.7 Å². The van der Waals surface area contributed by atoms with E-state index in [1.807, 2.05) is 32.0 Å². The third kappa shape index (κ3) is 9.56. The Hall–Kier alpha value is -2.79. The highest BCUT2D eigenvalue weighted by atomic mass is 16.7. The number of likely N-dealkylation sites (N-methyl/N-ethyl adjacent to an activating group) is 1. The summed E-state index contributed by atoms with van der Waals surface area (Å²) in [6.45, 7) is 12.9. The van der Waals surface area contributed by atoms with E-state index in [0.717, 1.165) is 0 Å². The van der Waals surface area contributed by atoms with Crippen molar-refractivity contribution in [2.45, 2.75) is 147 Å². The van der Waals surface area contributed by atoms with Crippen LogP contribution in [-0.2, 0) is 28.5 Å². The number of carbonyl (C=O) groups is 2. The van der Waals surface area contributed by atoms with Gasteiger partial charge in [-0.05, 0) is 92.4 Å². The molecule has 2 aliphatic heterocycles. The van der Waals surface area contributed by atoms with Crippen molar-refractivity contribution < 1.29 is 58.8 Å². The van der Waals surface area contributed by atoms with E-state index in [0.29, 0.717) is 22.9 Å². The molecule has 0 aliphatic carbocycles. The van der Waals surface area contributed by atoms with Gasteiger partial charge in [-0.3, -0.25) is 9.78 Å². The average Bonchev–Trinajstić information content (AvgIpc) is 3.16. The Morgan fingerprint density at radius 2 is 1.66 bits per heavy atom. The Bertz CT molecular complexity index is 1620. The fourth-order valence-corrected chi connectivity index (χ4v) is 9.13. The fourth-order valence-electron chi connectivity index (χ4n) is 9.13. The summed E-state index contributed by atoms with van der Waals surface area (Å²) in [7, 11) is 5.19. The minimum atomic E-state index is -2.05. The van der Waals surface area contributed by atoms with Crippen molar-refractivity contribution in [1.29, 1.82) is 0 Å². The molecule has 14 nitrogen and oxygen atoms in total. The summed E-state index contributed by atoms with van der Waals surface area (Å²) >= 11 is 0. The maximum atomic E-state index is 13.9. The van der Waals surface area contributed by atoms with Gasteiger partial charge >= 0.3 is 11.9 Å². The molecule has 2 fully saturated rings. The first-order chi connectivity index (χ1) is 26.1. The molecular formula is C42H66N2O12. The predicted octanol–water partition coefficient (Wildman–Crippen LogP) is 3.47. The number of aromatic nitrogens is 1. The number of ether oxygens (including phenoxy) is 5. The van der Waals surface area contributed by atoms with Gasteiger partial charge in [0.2, 0.25) is 0 Å². The molecule has 316 valence electrons. The maximum absolute atomic E-state index is 13.9. The molecule has 0 bridgehead atoms. The number of fused-ring (bicyclic) bond motifs is 1. The molecule has 5 N–H and O–H groups in total. The van der Waals surface area contributed by atoms with Crippen LogP contribution in [0.25, 0.3) is 10.9 Å². The quantitative estimate of drug-likeness (QED) is 0.232. The molecule has 1 aromatic heterocycles. The first kappa shape index (κ1) is 45.9. The lowest BCUT2D eigenvalue weighted by atomic mass is 9.66. The van der Waals surface area contributed by atoms with Crippen LogP contribution < -0.4 is 0 Å². The zero-order valence-corrected chi connectivity index (χ0v) is 34.9. The van der Waals surface area contributed by atoms with Crippen molar-refractivity contribution >= 4 is 22.8 Å². The van der Waals surface area contributed by atoms with Crippen LogP contribution in [0.2, 0.25) is 0 Å². The normalized spacial score (nSPS) is 40.6. The van der Waals surface area contributed by atoms with Gasteiger partial charge in [-0.25, -0.2) is 4.79 Å². The molecule has 0 saturated carbocycles. The summed E-state index contributed by atoms with van der Waals surface area (Å²) in [6, 6.07) is 8.40. The number of carbonyl (C=O) groups excluding carboxylic acids is 2. The molecule has 0 spiro atoms. The Labute approximate surface area is 331 Å². The number of cyclic esters (lactones) is 1. The molecule has 1 aromatic carbocycles. The summed E-state index contributed by atoms with van der Waals surface area (Å²) in [5, 5.41) is 60.7. The van der Waals surface area contributed by atoms with Crippen LogP contribution in [0.3, 0.4) is 0 Å². The highest BCUT2D eigenvalue weighted by molar-refractivity contribution is 6.03. The second-order valence-corrected chi connectivity index (χ2v) is 17.0. The van der Waals surface area contributed by atoms with Crippen LogP contribution in [0.5, 0.6) is 0 Å². The third-order valence-electron chi connectivity index (χ3n) is 12.6. The minimum absolute atomic E-state index is 0.0625. The van der Waals surface area contributed by atoms with Crippen molar-refractivity contribution in [2.24, 2.45) is 23.7 Å². The van der Waals surface area contributed by atoms with E-state index < -0.39 is 89.2 Å². The number of para-hydroxylation sites is 1. The lowest BCUT2D eigenvalue weighted by molar-refractivity contribution is -0.303. The fraction of sp³-hybridized carbons (Fsp3) is 0.738. The second-order valence-electron chi connectivity index (χ2n) is 17.0. The number of aliphatic hydroxyl groups excluding tert-OH is 3. The molecule has 0 radical (unpaired) electrons. The van der Waals surface area contributed by atoms with Gasteiger partial charge in [-0.2, -0.15) is 0 Å². The number of pyridine rings is 1. The number of nitrogens with zero attached hydrogens (tertiary/aromatic N) is 2. The van der Waals surface area contributed by atoms with Crippen molar-refractivity contribution in [1.82, 2.24) is 9.88 Å². The number of hydrogen-bond donors (Lipinski definition) is 5. The minimum Gasteiger partial charge on any atom is -0.462 e. The number of methoxy groups -OCH3 is 1. The van der Waals surface area contributed by atoms with Crippen molar-refractivity contribution in [3.05, 3.63) is 42.1 Å². The number of benzene rings is 1. The first-order valence-electron chi connectivity index (χ1n) is 19.8. The van der Waals surface area contributed by atoms with Gasteiger partial charge in [0.25, 0.3) is 0 Å². The monoisotopic (exact) mass is 790 g/mol. The molecule has 3 heterocycles. The van der Waals surface area contributed by atoms with Crippen molar-refractivity contribution in [3.8, 4) is 0 Å². The summed E-state index contributed by atoms with van der Waals surface area (Å²) in [6.07, 6.45) is -5.42. The van der Waals surface area contributed by atoms with Gasteiger partial charge < -0.3 is 54.1 Å². The van der Waals surface area contributed by atoms with Crippen LogP contribution in [0.1, 0.15) is 91.4 Å². The van der Waals surface area contributed by atoms with Gasteiger partial charge in [-0.15, -0.1) is 0 Å². The van der Waals surface area contributed by atoms with E-state index in [-0.39, 0.29) is 38.0 Å². The first-order valence-corrected chi connectivity index (χ1v) is 19.8. The Balaban J connectivity index is 1.72. The van der Waals surface area contributed by atoms with Gasteiger partial charge in [0, 0.05) is 36.6 Å². The Morgan fingerprint density at radius 3 is 2.29 bits per heavy atom. The molecule has 14 heteroatoms.